The molecule has 4 N–H and O–H groups in total. The SMILES string of the molecule is CCCNc1ncnc(NCc2ccc3c(c2)OCO3)c1N. The number of nitrogens with two attached hydrogens (primary N) is 1. The van der Waals surface area contributed by atoms with Crippen molar-refractivity contribution in [3.05, 3.63) is 30.1 Å². The van der Waals surface area contributed by atoms with Crippen LogP contribution < -0.4 is 25.8 Å². The van der Waals surface area contributed by atoms with Crippen LogP contribution in [0.5, 0.6) is 11.5 Å². The Hall–Kier alpha value is -2.70. The van der Waals surface area contributed by atoms with Gasteiger partial charge in [-0.05, 0) is 24.1 Å². The number of ether oxygens (including phenoxy) is 2. The van der Waals surface area contributed by atoms with Gasteiger partial charge < -0.3 is 25.8 Å². The van der Waals surface area contributed by atoms with Crippen LogP contribution in [0.2, 0.25) is 0 Å². The molecule has 22 heavy (non-hydrogen) atoms. The summed E-state index contributed by atoms with van der Waals surface area (Å²) in [5, 5.41) is 6.41. The molecule has 1 aliphatic rings. The Morgan fingerprint density at radius 2 is 1.91 bits per heavy atom. The quantitative estimate of drug-likeness (QED) is 0.753. The number of nitrogen functional groups attached to an aromatic ring is 1. The van der Waals surface area contributed by atoms with Crippen molar-refractivity contribution in [2.45, 2.75) is 19.9 Å². The van der Waals surface area contributed by atoms with E-state index in [0.29, 0.717) is 23.9 Å². The molecule has 0 amide bonds. The number of fused-ring (bicyclic) bond motifs is 1. The standard InChI is InChI=1S/C15H19N5O2/c1-2-5-17-14-13(16)15(20-8-19-14)18-7-10-3-4-11-12(6-10)22-9-21-11/h3-4,6,8H,2,5,7,9,16H2,1H3,(H2,17,18,19,20). The Labute approximate surface area is 128 Å². The molecular weight excluding hydrogens is 282 g/mol. The highest BCUT2D eigenvalue weighted by Crippen LogP contribution is 2.32. The molecule has 3 rings (SSSR count). The largest absolute Gasteiger partial charge is 0.454 e. The smallest absolute Gasteiger partial charge is 0.231 e. The van der Waals surface area contributed by atoms with E-state index in [1.54, 1.807) is 0 Å². The Morgan fingerprint density at radius 3 is 2.73 bits per heavy atom. The molecule has 7 nitrogen and oxygen atoms in total. The molecule has 2 heterocycles. The first-order chi connectivity index (χ1) is 10.8. The predicted octanol–water partition coefficient (Wildman–Crippen LogP) is 2.22. The second kappa shape index (κ2) is 6.38. The lowest BCUT2D eigenvalue weighted by molar-refractivity contribution is 0.174. The molecular formula is C15H19N5O2. The lowest BCUT2D eigenvalue weighted by Crippen LogP contribution is -2.10. The molecule has 116 valence electrons. The third-order valence-corrected chi connectivity index (χ3v) is 3.32. The van der Waals surface area contributed by atoms with Gasteiger partial charge in [-0.25, -0.2) is 9.97 Å². The highest BCUT2D eigenvalue weighted by atomic mass is 16.7. The zero-order valence-corrected chi connectivity index (χ0v) is 12.4. The highest BCUT2D eigenvalue weighted by molar-refractivity contribution is 5.74. The normalized spacial score (nSPS) is 12.2. The van der Waals surface area contributed by atoms with Crippen LogP contribution in [0.4, 0.5) is 17.3 Å². The molecule has 0 fully saturated rings. The Balaban J connectivity index is 1.68. The number of hydrogen-bond donors (Lipinski definition) is 3. The van der Waals surface area contributed by atoms with Gasteiger partial charge in [0.15, 0.2) is 23.1 Å². The van der Waals surface area contributed by atoms with Crippen LogP contribution in [0, 0.1) is 0 Å². The molecule has 0 aliphatic carbocycles. The number of nitrogens with one attached hydrogen (secondary N) is 2. The van der Waals surface area contributed by atoms with Gasteiger partial charge in [0.2, 0.25) is 6.79 Å². The van der Waals surface area contributed by atoms with Gasteiger partial charge in [-0.15, -0.1) is 0 Å². The van der Waals surface area contributed by atoms with E-state index >= 15 is 0 Å². The van der Waals surface area contributed by atoms with E-state index in [0.717, 1.165) is 30.0 Å². The second-order valence-electron chi connectivity index (χ2n) is 4.95. The van der Waals surface area contributed by atoms with Crippen molar-refractivity contribution in [3.63, 3.8) is 0 Å². The van der Waals surface area contributed by atoms with Crippen molar-refractivity contribution in [2.24, 2.45) is 0 Å². The number of aromatic nitrogens is 2. The van der Waals surface area contributed by atoms with Gasteiger partial charge in [0, 0.05) is 13.1 Å². The lowest BCUT2D eigenvalue weighted by atomic mass is 10.2. The van der Waals surface area contributed by atoms with E-state index < -0.39 is 0 Å². The minimum Gasteiger partial charge on any atom is -0.454 e. The van der Waals surface area contributed by atoms with Gasteiger partial charge in [-0.3, -0.25) is 0 Å². The molecule has 0 radical (unpaired) electrons. The summed E-state index contributed by atoms with van der Waals surface area (Å²) in [6.07, 6.45) is 2.50. The van der Waals surface area contributed by atoms with Gasteiger partial charge in [-0.1, -0.05) is 13.0 Å². The average molecular weight is 301 g/mol. The molecule has 1 aromatic carbocycles. The van der Waals surface area contributed by atoms with Crippen LogP contribution in [0.25, 0.3) is 0 Å². The topological polar surface area (TPSA) is 94.3 Å². The Kier molecular flexibility index (Phi) is 4.13. The van der Waals surface area contributed by atoms with Crippen LogP contribution in [0.3, 0.4) is 0 Å². The molecule has 0 saturated carbocycles. The van der Waals surface area contributed by atoms with Crippen LogP contribution in [-0.2, 0) is 6.54 Å². The number of nitrogens with zero attached hydrogens (tertiary/aromatic N) is 2. The number of anilines is 3. The van der Waals surface area contributed by atoms with Crippen LogP contribution in [0.1, 0.15) is 18.9 Å². The van der Waals surface area contributed by atoms with Crippen molar-refractivity contribution in [1.29, 1.82) is 0 Å². The average Bonchev–Trinajstić information content (AvgIpc) is 3.00. The minimum absolute atomic E-state index is 0.275. The van der Waals surface area contributed by atoms with E-state index in [9.17, 15) is 0 Å². The van der Waals surface area contributed by atoms with Crippen molar-refractivity contribution in [1.82, 2.24) is 9.97 Å². The molecule has 0 saturated heterocycles. The van der Waals surface area contributed by atoms with Crippen LogP contribution in [0.15, 0.2) is 24.5 Å². The van der Waals surface area contributed by atoms with E-state index in [-0.39, 0.29) is 6.79 Å². The maximum atomic E-state index is 6.08. The number of hydrogen-bond acceptors (Lipinski definition) is 7. The van der Waals surface area contributed by atoms with E-state index in [2.05, 4.69) is 27.5 Å². The second-order valence-corrected chi connectivity index (χ2v) is 4.95. The summed E-state index contributed by atoms with van der Waals surface area (Å²) in [5.74, 6) is 2.81. The lowest BCUT2D eigenvalue weighted by Gasteiger charge is -2.12. The zero-order chi connectivity index (χ0) is 15.4. The van der Waals surface area contributed by atoms with Crippen LogP contribution in [-0.4, -0.2) is 23.3 Å². The monoisotopic (exact) mass is 301 g/mol. The molecule has 1 aliphatic heterocycles. The van der Waals surface area contributed by atoms with E-state index in [1.807, 2.05) is 18.2 Å². The maximum Gasteiger partial charge on any atom is 0.231 e. The highest BCUT2D eigenvalue weighted by Gasteiger charge is 2.13. The van der Waals surface area contributed by atoms with Crippen molar-refractivity contribution < 1.29 is 9.47 Å². The van der Waals surface area contributed by atoms with E-state index in [4.69, 9.17) is 15.2 Å². The number of benzene rings is 1. The first kappa shape index (κ1) is 14.2. The minimum atomic E-state index is 0.275. The van der Waals surface area contributed by atoms with E-state index in [1.165, 1.54) is 6.33 Å². The summed E-state index contributed by atoms with van der Waals surface area (Å²) in [6.45, 7) is 3.77. The van der Waals surface area contributed by atoms with Gasteiger partial charge in [0.05, 0.1) is 0 Å². The predicted molar refractivity (Wildman–Crippen MR) is 85.1 cm³/mol. The molecule has 1 aromatic heterocycles. The van der Waals surface area contributed by atoms with Gasteiger partial charge in [0.25, 0.3) is 0 Å². The summed E-state index contributed by atoms with van der Waals surface area (Å²) < 4.78 is 10.7. The first-order valence-electron chi connectivity index (χ1n) is 7.24. The molecule has 0 bridgehead atoms. The summed E-state index contributed by atoms with van der Waals surface area (Å²) in [4.78, 5) is 8.35. The maximum absolute atomic E-state index is 6.08. The van der Waals surface area contributed by atoms with Crippen molar-refractivity contribution >= 4 is 17.3 Å². The third kappa shape index (κ3) is 2.98. The fourth-order valence-electron chi connectivity index (χ4n) is 2.16. The van der Waals surface area contributed by atoms with Gasteiger partial charge in [-0.2, -0.15) is 0 Å². The van der Waals surface area contributed by atoms with Crippen molar-refractivity contribution in [3.8, 4) is 11.5 Å². The first-order valence-corrected chi connectivity index (χ1v) is 7.24. The summed E-state index contributed by atoms with van der Waals surface area (Å²) in [6, 6.07) is 5.83. The Bertz CT molecular complexity index is 662. The molecule has 7 heteroatoms. The fourth-order valence-corrected chi connectivity index (χ4v) is 2.16. The fraction of sp³-hybridized carbons (Fsp3) is 0.333. The molecule has 2 aromatic rings. The Morgan fingerprint density at radius 1 is 1.14 bits per heavy atom. The summed E-state index contributed by atoms with van der Waals surface area (Å²) in [5.41, 5.74) is 7.67. The van der Waals surface area contributed by atoms with Gasteiger partial charge in [0.1, 0.15) is 12.0 Å². The molecule has 0 unspecified atom stereocenters. The third-order valence-electron chi connectivity index (χ3n) is 3.32. The van der Waals surface area contributed by atoms with Crippen molar-refractivity contribution in [2.75, 3.05) is 29.7 Å². The molecule has 0 atom stereocenters. The zero-order valence-electron chi connectivity index (χ0n) is 12.4. The number of rotatable bonds is 6. The van der Waals surface area contributed by atoms with Gasteiger partial charge >= 0.3 is 0 Å². The summed E-state index contributed by atoms with van der Waals surface area (Å²) in [7, 11) is 0. The molecule has 0 spiro atoms. The van der Waals surface area contributed by atoms with Crippen LogP contribution >= 0.6 is 0 Å². The summed E-state index contributed by atoms with van der Waals surface area (Å²) >= 11 is 0.